The van der Waals surface area contributed by atoms with Crippen LogP contribution in [-0.2, 0) is 10.3 Å². The molecule has 0 aliphatic carbocycles. The summed E-state index contributed by atoms with van der Waals surface area (Å²) in [5, 5.41) is 2.84. The molecular weight excluding hydrogens is 212 g/mol. The van der Waals surface area contributed by atoms with E-state index in [0.29, 0.717) is 12.1 Å². The highest BCUT2D eigenvalue weighted by atomic mass is 19.3. The SMILES string of the molecule is CCNC(COC)(c1ccccc1)C(F)F. The van der Waals surface area contributed by atoms with E-state index < -0.39 is 12.0 Å². The Balaban J connectivity index is 3.10. The molecule has 0 spiro atoms. The van der Waals surface area contributed by atoms with Gasteiger partial charge in [-0.3, -0.25) is 0 Å². The lowest BCUT2D eigenvalue weighted by molar-refractivity contribution is -0.0210. The Morgan fingerprint density at radius 3 is 2.38 bits per heavy atom. The lowest BCUT2D eigenvalue weighted by atomic mass is 9.91. The number of rotatable bonds is 6. The fourth-order valence-electron chi connectivity index (χ4n) is 1.78. The second-order valence-corrected chi connectivity index (χ2v) is 3.60. The first-order chi connectivity index (χ1) is 7.67. The molecule has 0 aliphatic heterocycles. The zero-order chi connectivity index (χ0) is 12.0. The van der Waals surface area contributed by atoms with Gasteiger partial charge in [0, 0.05) is 7.11 Å². The number of likely N-dealkylation sites (N-methyl/N-ethyl adjacent to an activating group) is 1. The lowest BCUT2D eigenvalue weighted by Crippen LogP contribution is -2.51. The Bertz CT molecular complexity index is 297. The fourth-order valence-corrected chi connectivity index (χ4v) is 1.78. The van der Waals surface area contributed by atoms with Gasteiger partial charge in [0.05, 0.1) is 6.61 Å². The normalized spacial score (nSPS) is 15.1. The van der Waals surface area contributed by atoms with Crippen molar-refractivity contribution in [3.8, 4) is 0 Å². The van der Waals surface area contributed by atoms with E-state index in [4.69, 9.17) is 4.74 Å². The number of ether oxygens (including phenoxy) is 1. The van der Waals surface area contributed by atoms with Gasteiger partial charge >= 0.3 is 0 Å². The van der Waals surface area contributed by atoms with Gasteiger partial charge in [-0.15, -0.1) is 0 Å². The first-order valence-corrected chi connectivity index (χ1v) is 5.25. The van der Waals surface area contributed by atoms with E-state index in [2.05, 4.69) is 5.32 Å². The van der Waals surface area contributed by atoms with Crippen LogP contribution in [0, 0.1) is 0 Å². The van der Waals surface area contributed by atoms with Crippen LogP contribution < -0.4 is 5.32 Å². The summed E-state index contributed by atoms with van der Waals surface area (Å²) in [6, 6.07) is 8.68. The van der Waals surface area contributed by atoms with Crippen LogP contribution in [0.4, 0.5) is 8.78 Å². The molecule has 0 bridgehead atoms. The quantitative estimate of drug-likeness (QED) is 0.808. The highest BCUT2D eigenvalue weighted by Crippen LogP contribution is 2.28. The molecule has 1 rings (SSSR count). The van der Waals surface area contributed by atoms with Crippen LogP contribution in [-0.4, -0.2) is 26.7 Å². The summed E-state index contributed by atoms with van der Waals surface area (Å²) in [6.45, 7) is 2.21. The summed E-state index contributed by atoms with van der Waals surface area (Å²) >= 11 is 0. The number of methoxy groups -OCH3 is 1. The Kier molecular flexibility index (Phi) is 4.83. The predicted octanol–water partition coefficient (Wildman–Crippen LogP) is 2.40. The minimum Gasteiger partial charge on any atom is -0.382 e. The highest BCUT2D eigenvalue weighted by Gasteiger charge is 2.41. The molecule has 16 heavy (non-hydrogen) atoms. The van der Waals surface area contributed by atoms with Crippen molar-refractivity contribution in [1.82, 2.24) is 5.32 Å². The molecule has 1 atom stereocenters. The number of alkyl halides is 2. The van der Waals surface area contributed by atoms with E-state index in [9.17, 15) is 8.78 Å². The number of halogens is 2. The lowest BCUT2D eigenvalue weighted by Gasteiger charge is -2.33. The molecular formula is C12H17F2NO. The smallest absolute Gasteiger partial charge is 0.262 e. The van der Waals surface area contributed by atoms with Crippen molar-refractivity contribution in [3.63, 3.8) is 0 Å². The molecule has 0 aromatic heterocycles. The second kappa shape index (κ2) is 5.92. The Morgan fingerprint density at radius 1 is 1.31 bits per heavy atom. The van der Waals surface area contributed by atoms with Crippen molar-refractivity contribution in [3.05, 3.63) is 35.9 Å². The van der Waals surface area contributed by atoms with Gasteiger partial charge in [-0.25, -0.2) is 8.78 Å². The molecule has 0 saturated heterocycles. The van der Waals surface area contributed by atoms with Crippen molar-refractivity contribution in [2.45, 2.75) is 18.9 Å². The maximum absolute atomic E-state index is 13.3. The van der Waals surface area contributed by atoms with Gasteiger partial charge < -0.3 is 10.1 Å². The Morgan fingerprint density at radius 2 is 1.94 bits per heavy atom. The number of nitrogens with one attached hydrogen (secondary N) is 1. The van der Waals surface area contributed by atoms with E-state index in [1.807, 2.05) is 0 Å². The summed E-state index contributed by atoms with van der Waals surface area (Å²) in [5.41, 5.74) is -0.862. The first-order valence-electron chi connectivity index (χ1n) is 5.25. The van der Waals surface area contributed by atoms with Crippen LogP contribution in [0.15, 0.2) is 30.3 Å². The third-order valence-electron chi connectivity index (χ3n) is 2.53. The molecule has 1 unspecified atom stereocenters. The van der Waals surface area contributed by atoms with E-state index >= 15 is 0 Å². The maximum atomic E-state index is 13.3. The van der Waals surface area contributed by atoms with Crippen molar-refractivity contribution in [1.29, 1.82) is 0 Å². The standard InChI is InChI=1S/C12H17F2NO/c1-3-15-12(9-16-2,11(13)14)10-7-5-4-6-8-10/h4-8,11,15H,3,9H2,1-2H3. The molecule has 90 valence electrons. The van der Waals surface area contributed by atoms with Crippen LogP contribution in [0.3, 0.4) is 0 Å². The topological polar surface area (TPSA) is 21.3 Å². The average molecular weight is 229 g/mol. The summed E-state index contributed by atoms with van der Waals surface area (Å²) < 4.78 is 31.5. The summed E-state index contributed by atoms with van der Waals surface area (Å²) in [5.74, 6) is 0. The minimum atomic E-state index is -2.52. The Hall–Kier alpha value is -1.00. The van der Waals surface area contributed by atoms with Crippen molar-refractivity contribution >= 4 is 0 Å². The molecule has 0 heterocycles. The molecule has 0 fully saturated rings. The molecule has 0 amide bonds. The van der Waals surface area contributed by atoms with Gasteiger partial charge in [0.25, 0.3) is 6.43 Å². The van der Waals surface area contributed by atoms with Crippen LogP contribution in [0.25, 0.3) is 0 Å². The molecule has 0 saturated carbocycles. The second-order valence-electron chi connectivity index (χ2n) is 3.60. The van der Waals surface area contributed by atoms with Gasteiger partial charge in [-0.2, -0.15) is 0 Å². The van der Waals surface area contributed by atoms with E-state index in [0.717, 1.165) is 0 Å². The average Bonchev–Trinajstić information content (AvgIpc) is 2.29. The molecule has 1 aromatic carbocycles. The number of benzene rings is 1. The van der Waals surface area contributed by atoms with Gasteiger partial charge in [0.2, 0.25) is 0 Å². The van der Waals surface area contributed by atoms with Crippen LogP contribution >= 0.6 is 0 Å². The number of hydrogen-bond donors (Lipinski definition) is 1. The zero-order valence-electron chi connectivity index (χ0n) is 9.54. The maximum Gasteiger partial charge on any atom is 0.262 e. The molecule has 1 N–H and O–H groups in total. The van der Waals surface area contributed by atoms with Crippen molar-refractivity contribution < 1.29 is 13.5 Å². The fraction of sp³-hybridized carbons (Fsp3) is 0.500. The summed E-state index contributed by atoms with van der Waals surface area (Å²) in [4.78, 5) is 0. The number of hydrogen-bond acceptors (Lipinski definition) is 2. The van der Waals surface area contributed by atoms with Gasteiger partial charge in [-0.1, -0.05) is 37.3 Å². The summed E-state index contributed by atoms with van der Waals surface area (Å²) in [6.07, 6.45) is -2.52. The zero-order valence-corrected chi connectivity index (χ0v) is 9.54. The third-order valence-corrected chi connectivity index (χ3v) is 2.53. The van der Waals surface area contributed by atoms with E-state index in [1.165, 1.54) is 7.11 Å². The van der Waals surface area contributed by atoms with Crippen molar-refractivity contribution in [2.24, 2.45) is 0 Å². The largest absolute Gasteiger partial charge is 0.382 e. The monoisotopic (exact) mass is 229 g/mol. The van der Waals surface area contributed by atoms with Gasteiger partial charge in [0.15, 0.2) is 0 Å². The third kappa shape index (κ3) is 2.57. The predicted molar refractivity (Wildman–Crippen MR) is 59.7 cm³/mol. The van der Waals surface area contributed by atoms with E-state index in [1.54, 1.807) is 37.3 Å². The molecule has 4 heteroatoms. The van der Waals surface area contributed by atoms with Gasteiger partial charge in [0.1, 0.15) is 5.54 Å². The Labute approximate surface area is 94.6 Å². The van der Waals surface area contributed by atoms with Crippen LogP contribution in [0.2, 0.25) is 0 Å². The van der Waals surface area contributed by atoms with Crippen LogP contribution in [0.1, 0.15) is 12.5 Å². The van der Waals surface area contributed by atoms with E-state index in [-0.39, 0.29) is 6.61 Å². The molecule has 0 aliphatic rings. The molecule has 1 aromatic rings. The molecule has 2 nitrogen and oxygen atoms in total. The van der Waals surface area contributed by atoms with Crippen LogP contribution in [0.5, 0.6) is 0 Å². The molecule has 0 radical (unpaired) electrons. The highest BCUT2D eigenvalue weighted by molar-refractivity contribution is 5.25. The van der Waals surface area contributed by atoms with Gasteiger partial charge in [-0.05, 0) is 12.1 Å². The summed E-state index contributed by atoms with van der Waals surface area (Å²) in [7, 11) is 1.43. The first kappa shape index (κ1) is 13.1. The minimum absolute atomic E-state index is 0.0531. The van der Waals surface area contributed by atoms with Crippen molar-refractivity contribution in [2.75, 3.05) is 20.3 Å².